The van der Waals surface area contributed by atoms with Crippen molar-refractivity contribution in [3.63, 3.8) is 0 Å². The van der Waals surface area contributed by atoms with E-state index in [1.165, 1.54) is 0 Å². The van der Waals surface area contributed by atoms with E-state index in [-0.39, 0.29) is 0 Å². The minimum absolute atomic E-state index is 0.364. The lowest BCUT2D eigenvalue weighted by Crippen LogP contribution is -2.28. The summed E-state index contributed by atoms with van der Waals surface area (Å²) in [5.41, 5.74) is 2.26. The van der Waals surface area contributed by atoms with Gasteiger partial charge < -0.3 is 10.2 Å². The van der Waals surface area contributed by atoms with Crippen LogP contribution in [0.3, 0.4) is 0 Å². The number of aromatic nitrogens is 2. The molecule has 108 valence electrons. The smallest absolute Gasteiger partial charge is 0.131 e. The first-order chi connectivity index (χ1) is 8.99. The van der Waals surface area contributed by atoms with Crippen molar-refractivity contribution in [2.75, 3.05) is 18.0 Å². The van der Waals surface area contributed by atoms with Crippen molar-refractivity contribution in [2.24, 2.45) is 0 Å². The zero-order valence-electron chi connectivity index (χ0n) is 13.2. The molecule has 0 saturated heterocycles. The maximum atomic E-state index is 4.75. The van der Waals surface area contributed by atoms with Gasteiger partial charge in [0.15, 0.2) is 0 Å². The summed E-state index contributed by atoms with van der Waals surface area (Å²) in [6.45, 7) is 15.7. The van der Waals surface area contributed by atoms with E-state index in [1.54, 1.807) is 0 Å². The molecule has 0 atom stereocenters. The van der Waals surface area contributed by atoms with Gasteiger partial charge in [0, 0.05) is 31.6 Å². The first-order valence-corrected chi connectivity index (χ1v) is 7.33. The molecule has 0 spiro atoms. The van der Waals surface area contributed by atoms with Gasteiger partial charge in [-0.05, 0) is 13.8 Å². The summed E-state index contributed by atoms with van der Waals surface area (Å²) < 4.78 is 0. The quantitative estimate of drug-likeness (QED) is 0.822. The molecule has 19 heavy (non-hydrogen) atoms. The third-order valence-electron chi connectivity index (χ3n) is 3.16. The van der Waals surface area contributed by atoms with Crippen LogP contribution < -0.4 is 10.2 Å². The van der Waals surface area contributed by atoms with Crippen molar-refractivity contribution in [3.8, 4) is 0 Å². The van der Waals surface area contributed by atoms with E-state index >= 15 is 0 Å². The van der Waals surface area contributed by atoms with Crippen molar-refractivity contribution in [2.45, 2.75) is 60.0 Å². The van der Waals surface area contributed by atoms with Crippen molar-refractivity contribution in [1.29, 1.82) is 0 Å². The Morgan fingerprint density at radius 3 is 2.26 bits per heavy atom. The Morgan fingerprint density at radius 2 is 1.79 bits per heavy atom. The molecule has 0 fully saturated rings. The lowest BCUT2D eigenvalue weighted by Gasteiger charge is -2.24. The number of nitrogens with zero attached hydrogens (tertiary/aromatic N) is 3. The standard InChI is InChI=1S/C15H28N4/c1-7-19(8-2)14-10-17-15(11(3)4)18-13(14)9-16-12(5)6/h10-12,16H,7-9H2,1-6H3. The highest BCUT2D eigenvalue weighted by Crippen LogP contribution is 2.20. The van der Waals surface area contributed by atoms with Crippen molar-refractivity contribution < 1.29 is 0 Å². The molecule has 0 saturated carbocycles. The molecule has 1 aromatic heterocycles. The van der Waals surface area contributed by atoms with Crippen LogP contribution in [0, 0.1) is 0 Å². The van der Waals surface area contributed by atoms with Crippen LogP contribution in [0.15, 0.2) is 6.20 Å². The van der Waals surface area contributed by atoms with Crippen molar-refractivity contribution >= 4 is 5.69 Å². The Balaban J connectivity index is 3.06. The molecule has 0 aromatic carbocycles. The summed E-state index contributed by atoms with van der Waals surface area (Å²) in [6, 6.07) is 0.460. The molecule has 4 heteroatoms. The van der Waals surface area contributed by atoms with Gasteiger partial charge in [0.2, 0.25) is 0 Å². The molecular formula is C15H28N4. The normalized spacial score (nSPS) is 11.4. The number of rotatable bonds is 7. The Morgan fingerprint density at radius 1 is 1.16 bits per heavy atom. The molecule has 4 nitrogen and oxygen atoms in total. The van der Waals surface area contributed by atoms with E-state index < -0.39 is 0 Å². The van der Waals surface area contributed by atoms with Gasteiger partial charge in [0.05, 0.1) is 17.6 Å². The average Bonchev–Trinajstić information content (AvgIpc) is 2.38. The van der Waals surface area contributed by atoms with Crippen LogP contribution in [0.4, 0.5) is 5.69 Å². The molecular weight excluding hydrogens is 236 g/mol. The fourth-order valence-electron chi connectivity index (χ4n) is 1.96. The fourth-order valence-corrected chi connectivity index (χ4v) is 1.96. The minimum atomic E-state index is 0.364. The Hall–Kier alpha value is -1.16. The monoisotopic (exact) mass is 264 g/mol. The zero-order valence-corrected chi connectivity index (χ0v) is 13.2. The van der Waals surface area contributed by atoms with Crippen LogP contribution in [0.25, 0.3) is 0 Å². The molecule has 0 bridgehead atoms. The maximum absolute atomic E-state index is 4.75. The molecule has 0 aliphatic carbocycles. The first-order valence-electron chi connectivity index (χ1n) is 7.33. The summed E-state index contributed by atoms with van der Waals surface area (Å²) in [4.78, 5) is 11.6. The molecule has 0 aliphatic heterocycles. The third kappa shape index (κ3) is 4.46. The number of anilines is 1. The van der Waals surface area contributed by atoms with E-state index in [2.05, 4.69) is 56.7 Å². The SMILES string of the molecule is CCN(CC)c1cnc(C(C)C)nc1CNC(C)C. The van der Waals surface area contributed by atoms with E-state index in [1.807, 2.05) is 6.20 Å². The second-order valence-corrected chi connectivity index (χ2v) is 5.42. The van der Waals surface area contributed by atoms with Gasteiger partial charge in [0.25, 0.3) is 0 Å². The van der Waals surface area contributed by atoms with Gasteiger partial charge in [-0.1, -0.05) is 27.7 Å². The molecule has 1 rings (SSSR count). The predicted molar refractivity (Wildman–Crippen MR) is 81.7 cm³/mol. The first kappa shape index (κ1) is 15.9. The zero-order chi connectivity index (χ0) is 14.4. The predicted octanol–water partition coefficient (Wildman–Crippen LogP) is 2.94. The highest BCUT2D eigenvalue weighted by molar-refractivity contribution is 5.49. The van der Waals surface area contributed by atoms with Crippen LogP contribution in [0.1, 0.15) is 59.0 Å². The largest absolute Gasteiger partial charge is 0.369 e. The van der Waals surface area contributed by atoms with Crippen LogP contribution in [-0.4, -0.2) is 29.1 Å². The summed E-state index contributed by atoms with van der Waals surface area (Å²) in [7, 11) is 0. The summed E-state index contributed by atoms with van der Waals surface area (Å²) in [6.07, 6.45) is 1.98. The van der Waals surface area contributed by atoms with Crippen molar-refractivity contribution in [3.05, 3.63) is 17.7 Å². The number of nitrogens with one attached hydrogen (secondary N) is 1. The molecule has 0 amide bonds. The molecule has 0 unspecified atom stereocenters. The fraction of sp³-hybridized carbons (Fsp3) is 0.733. The van der Waals surface area contributed by atoms with Gasteiger partial charge in [0.1, 0.15) is 5.82 Å². The lowest BCUT2D eigenvalue weighted by molar-refractivity contribution is 0.575. The highest BCUT2D eigenvalue weighted by atomic mass is 15.1. The molecule has 1 N–H and O–H groups in total. The minimum Gasteiger partial charge on any atom is -0.369 e. The molecule has 0 aliphatic rings. The third-order valence-corrected chi connectivity index (χ3v) is 3.16. The average molecular weight is 264 g/mol. The van der Waals surface area contributed by atoms with E-state index in [9.17, 15) is 0 Å². The van der Waals surface area contributed by atoms with E-state index in [0.29, 0.717) is 12.0 Å². The van der Waals surface area contributed by atoms with E-state index in [0.717, 1.165) is 36.8 Å². The van der Waals surface area contributed by atoms with Gasteiger partial charge in [-0.25, -0.2) is 9.97 Å². The van der Waals surface area contributed by atoms with Gasteiger partial charge in [-0.2, -0.15) is 0 Å². The number of hydrogen-bond donors (Lipinski definition) is 1. The van der Waals surface area contributed by atoms with Gasteiger partial charge >= 0.3 is 0 Å². The summed E-state index contributed by atoms with van der Waals surface area (Å²) in [5.74, 6) is 1.29. The topological polar surface area (TPSA) is 41.1 Å². The molecule has 1 aromatic rings. The van der Waals surface area contributed by atoms with Crippen molar-refractivity contribution in [1.82, 2.24) is 15.3 Å². The van der Waals surface area contributed by atoms with E-state index in [4.69, 9.17) is 4.98 Å². The second-order valence-electron chi connectivity index (χ2n) is 5.42. The van der Waals surface area contributed by atoms with Crippen LogP contribution in [0.2, 0.25) is 0 Å². The van der Waals surface area contributed by atoms with Crippen LogP contribution in [0.5, 0.6) is 0 Å². The summed E-state index contributed by atoms with van der Waals surface area (Å²) >= 11 is 0. The van der Waals surface area contributed by atoms with Crippen LogP contribution in [-0.2, 0) is 6.54 Å². The maximum Gasteiger partial charge on any atom is 0.131 e. The Kier molecular flexibility index (Phi) is 6.22. The second kappa shape index (κ2) is 7.43. The van der Waals surface area contributed by atoms with Gasteiger partial charge in [-0.15, -0.1) is 0 Å². The summed E-state index contributed by atoms with van der Waals surface area (Å²) in [5, 5.41) is 3.45. The highest BCUT2D eigenvalue weighted by Gasteiger charge is 2.13. The molecule has 1 heterocycles. The van der Waals surface area contributed by atoms with Gasteiger partial charge in [-0.3, -0.25) is 0 Å². The Labute approximate surface area is 117 Å². The Bertz CT molecular complexity index is 384. The lowest BCUT2D eigenvalue weighted by atomic mass is 10.2. The van der Waals surface area contributed by atoms with Crippen LogP contribution >= 0.6 is 0 Å². The molecule has 0 radical (unpaired) electrons. The number of hydrogen-bond acceptors (Lipinski definition) is 4.